The molecule has 0 radical (unpaired) electrons. The van der Waals surface area contributed by atoms with E-state index in [9.17, 15) is 0 Å². The molecule has 1 aromatic rings. The summed E-state index contributed by atoms with van der Waals surface area (Å²) in [7, 11) is 4.17. The Morgan fingerprint density at radius 2 is 2.06 bits per heavy atom. The third-order valence-corrected chi connectivity index (χ3v) is 2.69. The van der Waals surface area contributed by atoms with E-state index in [0.29, 0.717) is 17.9 Å². The Labute approximate surface area is 110 Å². The predicted molar refractivity (Wildman–Crippen MR) is 77.0 cm³/mol. The molecule has 1 atom stereocenters. The monoisotopic (exact) mass is 251 g/mol. The molecule has 1 rings (SSSR count). The summed E-state index contributed by atoms with van der Waals surface area (Å²) in [4.78, 5) is 10.8. The average molecular weight is 251 g/mol. The van der Waals surface area contributed by atoms with Gasteiger partial charge in [-0.3, -0.25) is 0 Å². The zero-order valence-corrected chi connectivity index (χ0v) is 12.1. The Morgan fingerprint density at radius 3 is 2.61 bits per heavy atom. The fraction of sp³-hybridized carbons (Fsp3) is 0.692. The lowest BCUT2D eigenvalue weighted by molar-refractivity contribution is 0.344. The molecule has 1 aromatic heterocycles. The number of hydrogen-bond donors (Lipinski definition) is 2. The van der Waals surface area contributed by atoms with Crippen LogP contribution in [0.5, 0.6) is 0 Å². The van der Waals surface area contributed by atoms with Crippen LogP contribution in [0.1, 0.15) is 20.8 Å². The van der Waals surface area contributed by atoms with Crippen LogP contribution in [-0.4, -0.2) is 48.1 Å². The zero-order valence-electron chi connectivity index (χ0n) is 12.1. The highest BCUT2D eigenvalue weighted by Gasteiger charge is 2.14. The van der Waals surface area contributed by atoms with E-state index in [4.69, 9.17) is 0 Å². The minimum absolute atomic E-state index is 0.379. The van der Waals surface area contributed by atoms with Crippen molar-refractivity contribution in [3.8, 4) is 0 Å². The maximum Gasteiger partial charge on any atom is 0.224 e. The number of nitrogens with zero attached hydrogens (tertiary/aromatic N) is 3. The van der Waals surface area contributed by atoms with Gasteiger partial charge in [0.1, 0.15) is 5.82 Å². The number of aromatic nitrogens is 2. The molecule has 5 heteroatoms. The molecule has 0 aliphatic carbocycles. The highest BCUT2D eigenvalue weighted by molar-refractivity contribution is 5.40. The largest absolute Gasteiger partial charge is 0.366 e. The summed E-state index contributed by atoms with van der Waals surface area (Å²) in [5, 5.41) is 6.59. The first-order valence-corrected chi connectivity index (χ1v) is 6.51. The SMILES string of the molecule is CCNc1nccc(NC(CN(C)C)C(C)C)n1. The van der Waals surface area contributed by atoms with Crippen molar-refractivity contribution in [2.45, 2.75) is 26.8 Å². The molecule has 0 aliphatic heterocycles. The van der Waals surface area contributed by atoms with Gasteiger partial charge >= 0.3 is 0 Å². The van der Waals surface area contributed by atoms with Gasteiger partial charge in [-0.25, -0.2) is 4.98 Å². The van der Waals surface area contributed by atoms with E-state index < -0.39 is 0 Å². The predicted octanol–water partition coefficient (Wildman–Crippen LogP) is 1.91. The Hall–Kier alpha value is -1.36. The molecule has 102 valence electrons. The average Bonchev–Trinajstić information content (AvgIpc) is 2.28. The van der Waals surface area contributed by atoms with Crippen LogP contribution in [0.2, 0.25) is 0 Å². The second-order valence-electron chi connectivity index (χ2n) is 5.05. The van der Waals surface area contributed by atoms with Gasteiger partial charge in [0.2, 0.25) is 5.95 Å². The van der Waals surface area contributed by atoms with Crippen molar-refractivity contribution in [3.05, 3.63) is 12.3 Å². The van der Waals surface area contributed by atoms with Crippen molar-refractivity contribution in [1.29, 1.82) is 0 Å². The third kappa shape index (κ3) is 4.87. The van der Waals surface area contributed by atoms with E-state index in [1.807, 2.05) is 13.0 Å². The summed E-state index contributed by atoms with van der Waals surface area (Å²) < 4.78 is 0. The van der Waals surface area contributed by atoms with Crippen LogP contribution >= 0.6 is 0 Å². The minimum atomic E-state index is 0.379. The van der Waals surface area contributed by atoms with Gasteiger partial charge in [0.15, 0.2) is 0 Å². The van der Waals surface area contributed by atoms with Crippen molar-refractivity contribution in [2.75, 3.05) is 37.8 Å². The Kier molecular flexibility index (Phi) is 5.85. The van der Waals surface area contributed by atoms with Crippen LogP contribution in [0.3, 0.4) is 0 Å². The number of rotatable bonds is 7. The fourth-order valence-corrected chi connectivity index (χ4v) is 1.69. The fourth-order valence-electron chi connectivity index (χ4n) is 1.69. The quantitative estimate of drug-likeness (QED) is 0.775. The molecular formula is C13H25N5. The van der Waals surface area contributed by atoms with Crippen molar-refractivity contribution in [3.63, 3.8) is 0 Å². The minimum Gasteiger partial charge on any atom is -0.366 e. The molecule has 0 saturated carbocycles. The van der Waals surface area contributed by atoms with Gasteiger partial charge in [-0.05, 0) is 33.0 Å². The maximum absolute atomic E-state index is 4.44. The van der Waals surface area contributed by atoms with Gasteiger partial charge in [-0.2, -0.15) is 4.98 Å². The van der Waals surface area contributed by atoms with E-state index >= 15 is 0 Å². The highest BCUT2D eigenvalue weighted by atomic mass is 15.2. The molecule has 0 aromatic carbocycles. The Balaban J connectivity index is 2.70. The summed E-state index contributed by atoms with van der Waals surface area (Å²) in [5.74, 6) is 2.10. The van der Waals surface area contributed by atoms with Crippen molar-refractivity contribution in [1.82, 2.24) is 14.9 Å². The van der Waals surface area contributed by atoms with E-state index in [1.54, 1.807) is 6.20 Å². The van der Waals surface area contributed by atoms with Crippen LogP contribution in [0.4, 0.5) is 11.8 Å². The van der Waals surface area contributed by atoms with Crippen molar-refractivity contribution >= 4 is 11.8 Å². The lowest BCUT2D eigenvalue weighted by Crippen LogP contribution is -2.36. The molecule has 0 spiro atoms. The van der Waals surface area contributed by atoms with Crippen LogP contribution < -0.4 is 10.6 Å². The van der Waals surface area contributed by atoms with Gasteiger partial charge < -0.3 is 15.5 Å². The first-order chi connectivity index (χ1) is 8.52. The van der Waals surface area contributed by atoms with E-state index in [2.05, 4.69) is 53.4 Å². The van der Waals surface area contributed by atoms with E-state index in [-0.39, 0.29) is 0 Å². The maximum atomic E-state index is 4.44. The molecule has 0 amide bonds. The number of nitrogens with one attached hydrogen (secondary N) is 2. The van der Waals surface area contributed by atoms with Crippen LogP contribution in [0.25, 0.3) is 0 Å². The molecular weight excluding hydrogens is 226 g/mol. The number of anilines is 2. The third-order valence-electron chi connectivity index (χ3n) is 2.69. The van der Waals surface area contributed by atoms with Gasteiger partial charge in [0, 0.05) is 25.3 Å². The first kappa shape index (κ1) is 14.7. The Bertz CT molecular complexity index is 351. The standard InChI is InChI=1S/C13H25N5/c1-6-14-13-15-8-7-12(17-13)16-11(10(2)3)9-18(4)5/h7-8,10-11H,6,9H2,1-5H3,(H2,14,15,16,17). The summed E-state index contributed by atoms with van der Waals surface area (Å²) in [5.41, 5.74) is 0. The van der Waals surface area contributed by atoms with Gasteiger partial charge in [-0.1, -0.05) is 13.8 Å². The first-order valence-electron chi connectivity index (χ1n) is 6.51. The second kappa shape index (κ2) is 7.16. The van der Waals surface area contributed by atoms with Crippen molar-refractivity contribution < 1.29 is 0 Å². The lowest BCUT2D eigenvalue weighted by Gasteiger charge is -2.26. The molecule has 5 nitrogen and oxygen atoms in total. The molecule has 18 heavy (non-hydrogen) atoms. The molecule has 2 N–H and O–H groups in total. The summed E-state index contributed by atoms with van der Waals surface area (Å²) in [6.07, 6.45) is 1.78. The van der Waals surface area contributed by atoms with Crippen molar-refractivity contribution in [2.24, 2.45) is 5.92 Å². The van der Waals surface area contributed by atoms with Gasteiger partial charge in [0.25, 0.3) is 0 Å². The van der Waals surface area contributed by atoms with E-state index in [1.165, 1.54) is 0 Å². The second-order valence-corrected chi connectivity index (χ2v) is 5.05. The summed E-state index contributed by atoms with van der Waals surface area (Å²) >= 11 is 0. The summed E-state index contributed by atoms with van der Waals surface area (Å²) in [6, 6.07) is 2.29. The molecule has 0 saturated heterocycles. The van der Waals surface area contributed by atoms with Crippen LogP contribution in [0, 0.1) is 5.92 Å². The van der Waals surface area contributed by atoms with E-state index in [0.717, 1.165) is 18.9 Å². The van der Waals surface area contributed by atoms with Gasteiger partial charge in [0.05, 0.1) is 0 Å². The molecule has 0 bridgehead atoms. The number of hydrogen-bond acceptors (Lipinski definition) is 5. The molecule has 1 unspecified atom stereocenters. The van der Waals surface area contributed by atoms with Crippen LogP contribution in [-0.2, 0) is 0 Å². The lowest BCUT2D eigenvalue weighted by atomic mass is 10.0. The Morgan fingerprint density at radius 1 is 1.33 bits per heavy atom. The van der Waals surface area contributed by atoms with Gasteiger partial charge in [-0.15, -0.1) is 0 Å². The molecule has 0 fully saturated rings. The zero-order chi connectivity index (χ0) is 13.5. The van der Waals surface area contributed by atoms with Crippen LogP contribution in [0.15, 0.2) is 12.3 Å². The topological polar surface area (TPSA) is 53.1 Å². The molecule has 0 aliphatic rings. The smallest absolute Gasteiger partial charge is 0.224 e. The highest BCUT2D eigenvalue weighted by Crippen LogP contribution is 2.12. The summed E-state index contributed by atoms with van der Waals surface area (Å²) in [6.45, 7) is 8.28. The number of likely N-dealkylation sites (N-methyl/N-ethyl adjacent to an activating group) is 1. The molecule has 1 heterocycles. The normalized spacial score (nSPS) is 12.8.